The minimum absolute atomic E-state index is 0.0670. The van der Waals surface area contributed by atoms with E-state index in [2.05, 4.69) is 47.8 Å². The van der Waals surface area contributed by atoms with E-state index in [1.54, 1.807) is 0 Å². The third-order valence-electron chi connectivity index (χ3n) is 7.57. The van der Waals surface area contributed by atoms with Crippen LogP contribution in [0.2, 0.25) is 0 Å². The molecule has 0 aliphatic carbocycles. The Hall–Kier alpha value is -2.25. The fourth-order valence-electron chi connectivity index (χ4n) is 5.94. The molecule has 2 aliphatic heterocycles. The van der Waals surface area contributed by atoms with Gasteiger partial charge in [0.05, 0.1) is 18.8 Å². The zero-order valence-electron chi connectivity index (χ0n) is 19.1. The smallest absolute Gasteiger partial charge is 0.158 e. The maximum atomic E-state index is 12.2. The van der Waals surface area contributed by atoms with E-state index in [0.717, 1.165) is 18.4 Å². The van der Waals surface area contributed by atoms with E-state index < -0.39 is 12.7 Å². The summed E-state index contributed by atoms with van der Waals surface area (Å²) in [5.41, 5.74) is 5.04. The molecule has 1 unspecified atom stereocenters. The zero-order chi connectivity index (χ0) is 23.0. The molecule has 6 heteroatoms. The highest BCUT2D eigenvalue weighted by atomic mass is 16.3. The van der Waals surface area contributed by atoms with Gasteiger partial charge < -0.3 is 19.9 Å². The first-order valence-corrected chi connectivity index (χ1v) is 11.5. The molecule has 0 saturated carbocycles. The quantitative estimate of drug-likeness (QED) is 0.457. The molecule has 5 atom stereocenters. The normalized spacial score (nSPS) is 27.1. The maximum absolute atomic E-state index is 12.2. The van der Waals surface area contributed by atoms with Crippen molar-refractivity contribution in [2.75, 3.05) is 20.3 Å². The fourth-order valence-corrected chi connectivity index (χ4v) is 5.94. The van der Waals surface area contributed by atoms with Crippen LogP contribution in [0.3, 0.4) is 0 Å². The van der Waals surface area contributed by atoms with Crippen LogP contribution in [0.1, 0.15) is 37.1 Å². The van der Waals surface area contributed by atoms with Crippen LogP contribution in [0.4, 0.5) is 0 Å². The van der Waals surface area contributed by atoms with Crippen LogP contribution >= 0.6 is 0 Å². The van der Waals surface area contributed by atoms with Crippen LogP contribution in [-0.4, -0.2) is 63.0 Å². The number of allylic oxidation sites excluding steroid dienone is 4. The molecule has 3 heterocycles. The molecule has 0 spiro atoms. The molecule has 172 valence electrons. The van der Waals surface area contributed by atoms with Crippen LogP contribution in [-0.2, 0) is 18.3 Å². The maximum Gasteiger partial charge on any atom is 0.158 e. The number of para-hydroxylation sites is 1. The second kappa shape index (κ2) is 9.32. The topological polar surface area (TPSA) is 85.9 Å². The predicted molar refractivity (Wildman–Crippen MR) is 125 cm³/mol. The molecular formula is C26H34N2O4. The number of nitrogens with zero attached hydrogens (tertiary/aromatic N) is 2. The van der Waals surface area contributed by atoms with Gasteiger partial charge >= 0.3 is 0 Å². The van der Waals surface area contributed by atoms with Crippen molar-refractivity contribution in [2.45, 2.75) is 44.4 Å². The van der Waals surface area contributed by atoms with Gasteiger partial charge in [-0.2, -0.15) is 0 Å². The third kappa shape index (κ3) is 3.86. The third-order valence-corrected chi connectivity index (χ3v) is 7.57. The molecule has 0 amide bonds. The Balaban J connectivity index is 1.68. The van der Waals surface area contributed by atoms with Crippen molar-refractivity contribution in [2.24, 2.45) is 18.9 Å². The molecule has 1 saturated heterocycles. The van der Waals surface area contributed by atoms with E-state index in [1.165, 1.54) is 28.2 Å². The minimum atomic E-state index is -1.03. The number of hydrogen-bond acceptors (Lipinski definition) is 5. The molecule has 0 radical (unpaired) electrons. The highest BCUT2D eigenvalue weighted by Crippen LogP contribution is 2.50. The van der Waals surface area contributed by atoms with Crippen molar-refractivity contribution in [1.82, 2.24) is 9.47 Å². The average molecular weight is 439 g/mol. The van der Waals surface area contributed by atoms with Gasteiger partial charge in [-0.3, -0.25) is 9.69 Å². The van der Waals surface area contributed by atoms with Crippen molar-refractivity contribution >= 4 is 16.7 Å². The van der Waals surface area contributed by atoms with Gasteiger partial charge in [0.25, 0.3) is 0 Å². The van der Waals surface area contributed by atoms with Gasteiger partial charge in [0.15, 0.2) is 5.78 Å². The van der Waals surface area contributed by atoms with Crippen LogP contribution in [0, 0.1) is 11.8 Å². The van der Waals surface area contributed by atoms with Crippen LogP contribution < -0.4 is 0 Å². The van der Waals surface area contributed by atoms with E-state index in [4.69, 9.17) is 5.11 Å². The van der Waals surface area contributed by atoms with E-state index in [0.29, 0.717) is 0 Å². The fraction of sp³-hybridized carbons (Fsp3) is 0.500. The monoisotopic (exact) mass is 438 g/mol. The minimum Gasteiger partial charge on any atom is -0.396 e. The Bertz CT molecular complexity index is 1050. The average Bonchev–Trinajstić information content (AvgIpc) is 3.06. The standard InChI is InChI=1S/C26H34N2O4/c1-4-16(9-10-17(31)11-18(32)14-29)20-12-25-26-21(13-24(27(25)2)22(20)15-30)19-7-5-6-8-23(19)28(26)3/h4-10,18,20,22,24-25,29-30,32H,11-15H2,1-3H3/b10-9+,16-4+/t18?,20-,22+,24-,25-/m0/s1. The largest absolute Gasteiger partial charge is 0.396 e. The number of hydrogen-bond donors (Lipinski definition) is 3. The number of fused-ring (bicyclic) bond motifs is 6. The summed E-state index contributed by atoms with van der Waals surface area (Å²) < 4.78 is 2.32. The van der Waals surface area contributed by atoms with Crippen LogP contribution in [0.15, 0.2) is 48.1 Å². The summed E-state index contributed by atoms with van der Waals surface area (Å²) in [4.78, 5) is 14.6. The Morgan fingerprint density at radius 1 is 1.22 bits per heavy atom. The van der Waals surface area contributed by atoms with Crippen LogP contribution in [0.25, 0.3) is 10.9 Å². The lowest BCUT2D eigenvalue weighted by Crippen LogP contribution is -2.54. The van der Waals surface area contributed by atoms with Gasteiger partial charge in [0.2, 0.25) is 0 Å². The van der Waals surface area contributed by atoms with Gasteiger partial charge in [0, 0.05) is 48.6 Å². The second-order valence-electron chi connectivity index (χ2n) is 9.21. The number of rotatable bonds is 7. The molecule has 2 aromatic rings. The van der Waals surface area contributed by atoms with E-state index >= 15 is 0 Å². The molecule has 3 N–H and O–H groups in total. The van der Waals surface area contributed by atoms with E-state index in [1.807, 2.05) is 19.1 Å². The second-order valence-corrected chi connectivity index (χ2v) is 9.21. The molecule has 4 rings (SSSR count). The van der Waals surface area contributed by atoms with Crippen LogP contribution in [0.5, 0.6) is 0 Å². The van der Waals surface area contributed by atoms with Crippen molar-refractivity contribution in [3.05, 3.63) is 59.3 Å². The molecule has 1 aromatic carbocycles. The van der Waals surface area contributed by atoms with Gasteiger partial charge in [-0.1, -0.05) is 30.4 Å². The summed E-state index contributed by atoms with van der Waals surface area (Å²) in [5.74, 6) is -0.0120. The van der Waals surface area contributed by atoms with Crippen molar-refractivity contribution in [3.8, 4) is 0 Å². The highest BCUT2D eigenvalue weighted by Gasteiger charge is 2.47. The molecule has 1 fully saturated rings. The summed E-state index contributed by atoms with van der Waals surface area (Å²) in [7, 11) is 4.31. The number of benzene rings is 1. The Kier molecular flexibility index (Phi) is 6.67. The Morgan fingerprint density at radius 2 is 1.97 bits per heavy atom. The SMILES string of the molecule is C/C=C(\C=C\C(=O)CC(O)CO)[C@@H]1C[C@H]2c3c(c4ccccc4n3C)C[C@@H]([C@@H]1CO)N2C. The molecule has 1 aromatic heterocycles. The van der Waals surface area contributed by atoms with Crippen molar-refractivity contribution in [1.29, 1.82) is 0 Å². The first-order chi connectivity index (χ1) is 15.4. The molecule has 32 heavy (non-hydrogen) atoms. The first-order valence-electron chi connectivity index (χ1n) is 11.5. The lowest BCUT2D eigenvalue weighted by molar-refractivity contribution is -0.116. The van der Waals surface area contributed by atoms with Gasteiger partial charge in [0.1, 0.15) is 0 Å². The van der Waals surface area contributed by atoms with E-state index in [-0.39, 0.29) is 42.7 Å². The summed E-state index contributed by atoms with van der Waals surface area (Å²) in [6.45, 7) is 1.64. The lowest BCUT2D eigenvalue weighted by atomic mass is 9.68. The van der Waals surface area contributed by atoms with Crippen molar-refractivity contribution < 1.29 is 20.1 Å². The predicted octanol–water partition coefficient (Wildman–Crippen LogP) is 2.52. The number of ketones is 1. The molecule has 2 bridgehead atoms. The highest BCUT2D eigenvalue weighted by molar-refractivity contribution is 5.90. The number of aromatic nitrogens is 1. The molecule has 6 nitrogen and oxygen atoms in total. The number of aliphatic hydroxyl groups is 3. The summed E-state index contributed by atoms with van der Waals surface area (Å²) in [5, 5.41) is 30.2. The van der Waals surface area contributed by atoms with Gasteiger partial charge in [-0.25, -0.2) is 0 Å². The molecule has 2 aliphatic rings. The Morgan fingerprint density at radius 3 is 2.66 bits per heavy atom. The number of aryl methyl sites for hydroxylation is 1. The van der Waals surface area contributed by atoms with E-state index in [9.17, 15) is 15.0 Å². The number of piperidine rings is 1. The number of aliphatic hydroxyl groups excluding tert-OH is 3. The molecular weight excluding hydrogens is 404 g/mol. The first kappa shape index (κ1) is 22.9. The number of carbonyl (C=O) groups is 1. The summed E-state index contributed by atoms with van der Waals surface area (Å²) in [6.07, 6.45) is 6.01. The summed E-state index contributed by atoms with van der Waals surface area (Å²) >= 11 is 0. The Labute approximate surface area is 189 Å². The van der Waals surface area contributed by atoms with Crippen molar-refractivity contribution in [3.63, 3.8) is 0 Å². The number of likely N-dealkylation sites (N-methyl/N-ethyl adjacent to an activating group) is 1. The number of carbonyl (C=O) groups excluding carboxylic acids is 1. The summed E-state index contributed by atoms with van der Waals surface area (Å²) in [6, 6.07) is 9.01. The zero-order valence-corrected chi connectivity index (χ0v) is 19.1. The van der Waals surface area contributed by atoms with Gasteiger partial charge in [-0.15, -0.1) is 0 Å². The lowest BCUT2D eigenvalue weighted by Gasteiger charge is -2.52. The van der Waals surface area contributed by atoms with Gasteiger partial charge in [-0.05, 0) is 56.0 Å².